The van der Waals surface area contributed by atoms with Gasteiger partial charge in [0.25, 0.3) is 0 Å². The lowest BCUT2D eigenvalue weighted by molar-refractivity contribution is -0.126. The van der Waals surface area contributed by atoms with Crippen LogP contribution in [0.2, 0.25) is 0 Å². The van der Waals surface area contributed by atoms with Crippen LogP contribution in [0, 0.1) is 5.41 Å². The summed E-state index contributed by atoms with van der Waals surface area (Å²) in [7, 11) is 0. The van der Waals surface area contributed by atoms with Crippen LogP contribution in [-0.4, -0.2) is 16.8 Å². The van der Waals surface area contributed by atoms with E-state index in [1.807, 2.05) is 13.0 Å². The molecule has 21 heavy (non-hydrogen) atoms. The zero-order chi connectivity index (χ0) is 15.1. The lowest BCUT2D eigenvalue weighted by Gasteiger charge is -2.30. The van der Waals surface area contributed by atoms with Gasteiger partial charge in [0.2, 0.25) is 5.91 Å². The van der Waals surface area contributed by atoms with Crippen LogP contribution < -0.4 is 5.32 Å². The average Bonchev–Trinajstić information content (AvgIpc) is 2.83. The molecule has 2 aliphatic rings. The molecule has 0 bridgehead atoms. The maximum Gasteiger partial charge on any atom is 0.229 e. The molecule has 0 saturated heterocycles. The Hall–Kier alpha value is -0.730. The number of nitrogens with one attached hydrogen (secondary N) is 1. The topological polar surface area (TPSA) is 29.1 Å². The van der Waals surface area contributed by atoms with Gasteiger partial charge in [0.1, 0.15) is 4.33 Å². The van der Waals surface area contributed by atoms with Gasteiger partial charge in [-0.1, -0.05) is 43.2 Å². The maximum absolute atomic E-state index is 12.4. The molecule has 0 radical (unpaired) electrons. The summed E-state index contributed by atoms with van der Waals surface area (Å²) in [5.41, 5.74) is 0.766. The summed E-state index contributed by atoms with van der Waals surface area (Å²) in [5, 5.41) is 3.11. The first-order valence-electron chi connectivity index (χ1n) is 7.61. The minimum absolute atomic E-state index is 0.0188. The van der Waals surface area contributed by atoms with Gasteiger partial charge in [-0.05, 0) is 31.7 Å². The van der Waals surface area contributed by atoms with E-state index in [0.29, 0.717) is 13.0 Å². The summed E-state index contributed by atoms with van der Waals surface area (Å²) in [6, 6.07) is 10.5. The molecule has 114 valence electrons. The quantitative estimate of drug-likeness (QED) is 0.826. The molecule has 2 fully saturated rings. The Balaban J connectivity index is 1.72. The Morgan fingerprint density at radius 1 is 1.19 bits per heavy atom. The van der Waals surface area contributed by atoms with E-state index in [9.17, 15) is 4.79 Å². The van der Waals surface area contributed by atoms with Gasteiger partial charge in [-0.25, -0.2) is 0 Å². The molecule has 3 rings (SSSR count). The van der Waals surface area contributed by atoms with Gasteiger partial charge in [0.15, 0.2) is 0 Å². The number of carbonyl (C=O) groups excluding carboxylic acids is 1. The molecule has 1 aromatic rings. The third-order valence-corrected chi connectivity index (χ3v) is 6.39. The van der Waals surface area contributed by atoms with Crippen molar-refractivity contribution >= 4 is 29.1 Å². The third-order valence-electron chi connectivity index (χ3n) is 5.29. The molecule has 0 heterocycles. The van der Waals surface area contributed by atoms with Gasteiger partial charge in [0, 0.05) is 12.0 Å². The Morgan fingerprint density at radius 3 is 2.29 bits per heavy atom. The van der Waals surface area contributed by atoms with Gasteiger partial charge in [0.05, 0.1) is 5.41 Å². The van der Waals surface area contributed by atoms with Gasteiger partial charge in [-0.3, -0.25) is 4.79 Å². The van der Waals surface area contributed by atoms with Crippen molar-refractivity contribution in [2.24, 2.45) is 5.41 Å². The fraction of sp³-hybridized carbons (Fsp3) is 0.588. The van der Waals surface area contributed by atoms with Crippen molar-refractivity contribution in [2.75, 3.05) is 6.54 Å². The van der Waals surface area contributed by atoms with Gasteiger partial charge < -0.3 is 5.32 Å². The summed E-state index contributed by atoms with van der Waals surface area (Å²) < 4.78 is -0.896. The number of amides is 1. The number of rotatable bonds is 4. The standard InChI is InChI=1S/C17H21Cl2NO/c1-15(11-17(15,18)19)14(21)20-12-16(9-5-6-10-16)13-7-3-2-4-8-13/h2-4,7-8H,5-6,9-12H2,1H3,(H,20,21). The first kappa shape index (κ1) is 15.2. The highest BCUT2D eigenvalue weighted by Gasteiger charge is 2.67. The summed E-state index contributed by atoms with van der Waals surface area (Å²) in [6.07, 6.45) is 5.23. The Labute approximate surface area is 136 Å². The summed E-state index contributed by atoms with van der Waals surface area (Å²) >= 11 is 12.2. The van der Waals surface area contributed by atoms with E-state index in [2.05, 4.69) is 29.6 Å². The predicted molar refractivity (Wildman–Crippen MR) is 86.8 cm³/mol. The molecule has 0 aliphatic heterocycles. The molecule has 4 heteroatoms. The predicted octanol–water partition coefficient (Wildman–Crippen LogP) is 4.20. The first-order chi connectivity index (χ1) is 9.90. The van der Waals surface area contributed by atoms with E-state index in [4.69, 9.17) is 23.2 Å². The number of carbonyl (C=O) groups is 1. The molecule has 1 atom stereocenters. The van der Waals surface area contributed by atoms with E-state index in [1.54, 1.807) is 0 Å². The smallest absolute Gasteiger partial charge is 0.229 e. The van der Waals surface area contributed by atoms with E-state index < -0.39 is 9.75 Å². The van der Waals surface area contributed by atoms with Crippen LogP contribution in [-0.2, 0) is 10.2 Å². The monoisotopic (exact) mass is 325 g/mol. The van der Waals surface area contributed by atoms with Crippen LogP contribution in [0.4, 0.5) is 0 Å². The second-order valence-electron chi connectivity index (χ2n) is 6.75. The lowest BCUT2D eigenvalue weighted by Crippen LogP contribution is -2.42. The van der Waals surface area contributed by atoms with E-state index in [1.165, 1.54) is 18.4 Å². The van der Waals surface area contributed by atoms with Crippen LogP contribution in [0.5, 0.6) is 0 Å². The van der Waals surface area contributed by atoms with E-state index >= 15 is 0 Å². The number of hydrogen-bond donors (Lipinski definition) is 1. The summed E-state index contributed by atoms with van der Waals surface area (Å²) in [5.74, 6) is -0.0188. The van der Waals surface area contributed by atoms with Crippen LogP contribution in [0.3, 0.4) is 0 Å². The molecule has 2 aliphatic carbocycles. The van der Waals surface area contributed by atoms with Gasteiger partial charge >= 0.3 is 0 Å². The maximum atomic E-state index is 12.4. The third kappa shape index (κ3) is 2.57. The Kier molecular flexibility index (Phi) is 3.74. The van der Waals surface area contributed by atoms with Crippen LogP contribution >= 0.6 is 23.2 Å². The van der Waals surface area contributed by atoms with E-state index in [0.717, 1.165) is 12.8 Å². The number of alkyl halides is 2. The van der Waals surface area contributed by atoms with Crippen LogP contribution in [0.1, 0.15) is 44.6 Å². The van der Waals surface area contributed by atoms with E-state index in [-0.39, 0.29) is 11.3 Å². The normalized spacial score (nSPS) is 29.1. The van der Waals surface area contributed by atoms with Crippen LogP contribution in [0.15, 0.2) is 30.3 Å². The largest absolute Gasteiger partial charge is 0.355 e. The zero-order valence-corrected chi connectivity index (χ0v) is 13.8. The highest BCUT2D eigenvalue weighted by atomic mass is 35.5. The molecular formula is C17H21Cl2NO. The minimum atomic E-state index is -0.896. The van der Waals surface area contributed by atoms with Crippen molar-refractivity contribution < 1.29 is 4.79 Å². The highest BCUT2D eigenvalue weighted by Crippen LogP contribution is 2.63. The minimum Gasteiger partial charge on any atom is -0.355 e. The SMILES string of the molecule is CC1(C(=O)NCC2(c3ccccc3)CCCC2)CC1(Cl)Cl. The molecule has 1 N–H and O–H groups in total. The van der Waals surface area contributed by atoms with Crippen molar-refractivity contribution in [1.29, 1.82) is 0 Å². The summed E-state index contributed by atoms with van der Waals surface area (Å²) in [6.45, 7) is 2.52. The van der Waals surface area contributed by atoms with Crippen molar-refractivity contribution in [2.45, 2.75) is 48.8 Å². The average molecular weight is 326 g/mol. The second kappa shape index (κ2) is 5.17. The first-order valence-corrected chi connectivity index (χ1v) is 8.37. The molecule has 0 aromatic heterocycles. The summed E-state index contributed by atoms with van der Waals surface area (Å²) in [4.78, 5) is 12.4. The number of hydrogen-bond acceptors (Lipinski definition) is 1. The number of benzene rings is 1. The fourth-order valence-corrected chi connectivity index (χ4v) is 4.21. The van der Waals surface area contributed by atoms with Crippen LogP contribution in [0.25, 0.3) is 0 Å². The van der Waals surface area contributed by atoms with Gasteiger partial charge in [-0.2, -0.15) is 0 Å². The second-order valence-corrected chi connectivity index (χ2v) is 8.23. The molecule has 1 amide bonds. The molecular weight excluding hydrogens is 305 g/mol. The van der Waals surface area contributed by atoms with Crippen molar-refractivity contribution in [3.05, 3.63) is 35.9 Å². The fourth-order valence-electron chi connectivity index (χ4n) is 3.50. The molecule has 2 nitrogen and oxygen atoms in total. The van der Waals surface area contributed by atoms with Crippen molar-refractivity contribution in [3.8, 4) is 0 Å². The molecule has 1 unspecified atom stereocenters. The molecule has 1 aromatic carbocycles. The Morgan fingerprint density at radius 2 is 1.76 bits per heavy atom. The Bertz CT molecular complexity index is 537. The van der Waals surface area contributed by atoms with Crippen molar-refractivity contribution in [1.82, 2.24) is 5.32 Å². The molecule has 0 spiro atoms. The lowest BCUT2D eigenvalue weighted by atomic mass is 9.78. The molecule has 2 saturated carbocycles. The highest BCUT2D eigenvalue weighted by molar-refractivity contribution is 6.53. The number of halogens is 2. The van der Waals surface area contributed by atoms with Gasteiger partial charge in [-0.15, -0.1) is 23.2 Å². The van der Waals surface area contributed by atoms with Crippen molar-refractivity contribution in [3.63, 3.8) is 0 Å². The zero-order valence-electron chi connectivity index (χ0n) is 12.3.